The zero-order chi connectivity index (χ0) is 16.8. The van der Waals surface area contributed by atoms with E-state index < -0.39 is 0 Å². The van der Waals surface area contributed by atoms with E-state index in [2.05, 4.69) is 25.7 Å². The molecule has 0 radical (unpaired) electrons. The molecule has 1 unspecified atom stereocenters. The lowest BCUT2D eigenvalue weighted by Gasteiger charge is -2.32. The maximum absolute atomic E-state index is 9.46. The van der Waals surface area contributed by atoms with E-state index in [1.807, 2.05) is 37.3 Å². The lowest BCUT2D eigenvalue weighted by atomic mass is 9.96. The van der Waals surface area contributed by atoms with Crippen LogP contribution < -0.4 is 5.32 Å². The number of nitrogens with zero attached hydrogens (tertiary/aromatic N) is 5. The molecule has 7 nitrogen and oxygen atoms in total. The zero-order valence-electron chi connectivity index (χ0n) is 14.2. The first-order valence-electron chi connectivity index (χ1n) is 8.66. The SMILES string of the molecule is CC(O)CN1CCC(CNCc2nnnn2-c2ccccc2)CC1. The molecule has 3 rings (SSSR count). The molecule has 0 bridgehead atoms. The zero-order valence-corrected chi connectivity index (χ0v) is 14.2. The summed E-state index contributed by atoms with van der Waals surface area (Å²) in [5.74, 6) is 1.50. The van der Waals surface area contributed by atoms with Crippen LogP contribution >= 0.6 is 0 Å². The molecule has 130 valence electrons. The van der Waals surface area contributed by atoms with Crippen LogP contribution in [0.25, 0.3) is 5.69 Å². The number of hydrogen-bond acceptors (Lipinski definition) is 6. The molecule has 1 saturated heterocycles. The Morgan fingerprint density at radius 1 is 1.25 bits per heavy atom. The summed E-state index contributed by atoms with van der Waals surface area (Å²) in [5.41, 5.74) is 0.978. The Balaban J connectivity index is 1.44. The molecule has 0 saturated carbocycles. The molecule has 1 aromatic carbocycles. The highest BCUT2D eigenvalue weighted by atomic mass is 16.3. The summed E-state index contributed by atoms with van der Waals surface area (Å²) in [7, 11) is 0. The van der Waals surface area contributed by atoms with Crippen molar-refractivity contribution >= 4 is 0 Å². The van der Waals surface area contributed by atoms with Crippen molar-refractivity contribution in [1.29, 1.82) is 0 Å². The monoisotopic (exact) mass is 330 g/mol. The fourth-order valence-corrected chi connectivity index (χ4v) is 3.22. The lowest BCUT2D eigenvalue weighted by molar-refractivity contribution is 0.0997. The van der Waals surface area contributed by atoms with Crippen LogP contribution in [0.2, 0.25) is 0 Å². The minimum Gasteiger partial charge on any atom is -0.392 e. The fraction of sp³-hybridized carbons (Fsp3) is 0.588. The van der Waals surface area contributed by atoms with E-state index in [0.29, 0.717) is 12.5 Å². The summed E-state index contributed by atoms with van der Waals surface area (Å²) in [4.78, 5) is 2.34. The van der Waals surface area contributed by atoms with E-state index in [-0.39, 0.29) is 6.10 Å². The van der Waals surface area contributed by atoms with Gasteiger partial charge in [0.25, 0.3) is 0 Å². The molecule has 1 atom stereocenters. The van der Waals surface area contributed by atoms with E-state index in [4.69, 9.17) is 0 Å². The Bertz CT molecular complexity index is 607. The van der Waals surface area contributed by atoms with Gasteiger partial charge in [0, 0.05) is 6.54 Å². The van der Waals surface area contributed by atoms with Crippen molar-refractivity contribution < 1.29 is 5.11 Å². The maximum atomic E-state index is 9.46. The molecular formula is C17H26N6O. The van der Waals surface area contributed by atoms with E-state index in [9.17, 15) is 5.11 Å². The van der Waals surface area contributed by atoms with Gasteiger partial charge in [0.2, 0.25) is 0 Å². The second-order valence-corrected chi connectivity index (χ2v) is 6.57. The molecule has 1 aliphatic heterocycles. The first-order chi connectivity index (χ1) is 11.7. The number of hydrogen-bond donors (Lipinski definition) is 2. The van der Waals surface area contributed by atoms with E-state index >= 15 is 0 Å². The lowest BCUT2D eigenvalue weighted by Crippen LogP contribution is -2.40. The summed E-state index contributed by atoms with van der Waals surface area (Å²) >= 11 is 0. The Labute approximate surface area is 142 Å². The molecule has 0 spiro atoms. The topological polar surface area (TPSA) is 79.1 Å². The molecule has 2 N–H and O–H groups in total. The standard InChI is InChI=1S/C17H26N6O/c1-14(24)13-22-9-7-15(8-10-22)11-18-12-17-19-20-21-23(17)16-5-3-2-4-6-16/h2-6,14-15,18,24H,7-13H2,1H3. The molecule has 0 aliphatic carbocycles. The summed E-state index contributed by atoms with van der Waals surface area (Å²) in [5, 5.41) is 24.9. The highest BCUT2D eigenvalue weighted by molar-refractivity contribution is 5.30. The normalized spacial score (nSPS) is 17.9. The Kier molecular flexibility index (Phi) is 5.90. The highest BCUT2D eigenvalue weighted by Gasteiger charge is 2.20. The summed E-state index contributed by atoms with van der Waals surface area (Å²) < 4.78 is 1.78. The number of para-hydroxylation sites is 1. The number of aliphatic hydroxyl groups is 1. The van der Waals surface area contributed by atoms with Gasteiger partial charge in [-0.1, -0.05) is 18.2 Å². The summed E-state index contributed by atoms with van der Waals surface area (Å²) in [6.45, 7) is 6.41. The van der Waals surface area contributed by atoms with Gasteiger partial charge in [-0.05, 0) is 67.9 Å². The van der Waals surface area contributed by atoms with Crippen molar-refractivity contribution in [2.75, 3.05) is 26.2 Å². The predicted molar refractivity (Wildman–Crippen MR) is 91.7 cm³/mol. The van der Waals surface area contributed by atoms with Crippen LogP contribution in [-0.4, -0.2) is 62.5 Å². The van der Waals surface area contributed by atoms with Crippen LogP contribution in [0.5, 0.6) is 0 Å². The molecule has 1 aliphatic rings. The third kappa shape index (κ3) is 4.59. The average molecular weight is 330 g/mol. The molecule has 24 heavy (non-hydrogen) atoms. The van der Waals surface area contributed by atoms with Crippen LogP contribution in [0, 0.1) is 5.92 Å². The van der Waals surface area contributed by atoms with Gasteiger partial charge in [0.15, 0.2) is 5.82 Å². The van der Waals surface area contributed by atoms with E-state index in [1.165, 1.54) is 12.8 Å². The number of benzene rings is 1. The Morgan fingerprint density at radius 3 is 2.71 bits per heavy atom. The first-order valence-corrected chi connectivity index (χ1v) is 8.66. The first kappa shape index (κ1) is 17.0. The predicted octanol–water partition coefficient (Wildman–Crippen LogP) is 0.845. The van der Waals surface area contributed by atoms with Gasteiger partial charge in [0.1, 0.15) is 0 Å². The van der Waals surface area contributed by atoms with Gasteiger partial charge in [0.05, 0.1) is 18.3 Å². The van der Waals surface area contributed by atoms with Crippen molar-refractivity contribution in [3.63, 3.8) is 0 Å². The van der Waals surface area contributed by atoms with Gasteiger partial charge >= 0.3 is 0 Å². The van der Waals surface area contributed by atoms with Crippen LogP contribution in [0.4, 0.5) is 0 Å². The van der Waals surface area contributed by atoms with Crippen molar-refractivity contribution in [3.05, 3.63) is 36.2 Å². The van der Waals surface area contributed by atoms with Gasteiger partial charge in [-0.15, -0.1) is 5.10 Å². The smallest absolute Gasteiger partial charge is 0.170 e. The van der Waals surface area contributed by atoms with Crippen LogP contribution in [0.3, 0.4) is 0 Å². The number of nitrogens with one attached hydrogen (secondary N) is 1. The number of rotatable bonds is 7. The third-order valence-electron chi connectivity index (χ3n) is 4.48. The Hall–Kier alpha value is -1.83. The van der Waals surface area contributed by atoms with E-state index in [1.54, 1.807) is 4.68 Å². The number of β-amino-alcohol motifs (C(OH)–C–C–N with tert-alkyl or cyclic N) is 1. The van der Waals surface area contributed by atoms with Crippen LogP contribution in [0.15, 0.2) is 30.3 Å². The van der Waals surface area contributed by atoms with Crippen LogP contribution in [-0.2, 0) is 6.54 Å². The van der Waals surface area contributed by atoms with Crippen LogP contribution in [0.1, 0.15) is 25.6 Å². The van der Waals surface area contributed by atoms with Gasteiger partial charge < -0.3 is 15.3 Å². The number of tetrazole rings is 1. The van der Waals surface area contributed by atoms with Crippen molar-refractivity contribution in [3.8, 4) is 5.69 Å². The fourth-order valence-electron chi connectivity index (χ4n) is 3.22. The Morgan fingerprint density at radius 2 is 2.00 bits per heavy atom. The van der Waals surface area contributed by atoms with Gasteiger partial charge in [-0.2, -0.15) is 4.68 Å². The minimum atomic E-state index is -0.239. The van der Waals surface area contributed by atoms with Gasteiger partial charge in [-0.25, -0.2) is 0 Å². The average Bonchev–Trinajstić information content (AvgIpc) is 3.05. The molecular weight excluding hydrogens is 304 g/mol. The van der Waals surface area contributed by atoms with Crippen molar-refractivity contribution in [1.82, 2.24) is 30.4 Å². The number of likely N-dealkylation sites (tertiary alicyclic amines) is 1. The largest absolute Gasteiger partial charge is 0.392 e. The molecule has 2 aromatic rings. The van der Waals surface area contributed by atoms with E-state index in [0.717, 1.165) is 37.7 Å². The molecule has 2 heterocycles. The van der Waals surface area contributed by atoms with Gasteiger partial charge in [-0.3, -0.25) is 0 Å². The minimum absolute atomic E-state index is 0.239. The maximum Gasteiger partial charge on any atom is 0.170 e. The number of aromatic nitrogens is 4. The highest BCUT2D eigenvalue weighted by Crippen LogP contribution is 2.16. The number of aliphatic hydroxyl groups excluding tert-OH is 1. The summed E-state index contributed by atoms with van der Waals surface area (Å²) in [6.07, 6.45) is 2.10. The quantitative estimate of drug-likeness (QED) is 0.783. The molecule has 0 amide bonds. The second-order valence-electron chi connectivity index (χ2n) is 6.57. The summed E-state index contributed by atoms with van der Waals surface area (Å²) in [6, 6.07) is 9.94. The second kappa shape index (κ2) is 8.32. The third-order valence-corrected chi connectivity index (χ3v) is 4.48. The molecule has 7 heteroatoms. The molecule has 1 fully saturated rings. The number of piperidine rings is 1. The van der Waals surface area contributed by atoms with Crippen molar-refractivity contribution in [2.24, 2.45) is 5.92 Å². The molecule has 1 aromatic heterocycles. The van der Waals surface area contributed by atoms with Crippen molar-refractivity contribution in [2.45, 2.75) is 32.4 Å².